The molecule has 0 aromatic carbocycles. The molecule has 1 saturated heterocycles. The van der Waals surface area contributed by atoms with Crippen LogP contribution in [0.2, 0.25) is 5.02 Å². The molecule has 8 nitrogen and oxygen atoms in total. The summed E-state index contributed by atoms with van der Waals surface area (Å²) in [5.74, 6) is -3.12. The minimum absolute atomic E-state index is 0.0430. The van der Waals surface area contributed by atoms with E-state index in [0.29, 0.717) is 16.5 Å². The molecule has 1 aromatic rings. The molecule has 2 aliphatic rings. The highest BCUT2D eigenvalue weighted by atomic mass is 35.5. The van der Waals surface area contributed by atoms with Crippen molar-refractivity contribution in [2.45, 2.75) is 19.3 Å². The molecule has 1 unspecified atom stereocenters. The number of aliphatic carboxylic acids is 2. The second-order valence-corrected chi connectivity index (χ2v) is 6.93. The van der Waals surface area contributed by atoms with Crippen LogP contribution in [0, 0.1) is 5.92 Å². The van der Waals surface area contributed by atoms with Crippen molar-refractivity contribution in [2.75, 3.05) is 33.2 Å². The van der Waals surface area contributed by atoms with Crippen LogP contribution in [-0.2, 0) is 16.0 Å². The summed E-state index contributed by atoms with van der Waals surface area (Å²) in [6.45, 7) is 4.40. The number of aromatic nitrogens is 1. The SMILES string of the molecule is CN1CC(CCN2CCC2)Cc2ncc(Cl)cc2C1=O.O=C(O)C(=O)O. The second-order valence-electron chi connectivity index (χ2n) is 6.50. The quantitative estimate of drug-likeness (QED) is 0.755. The summed E-state index contributed by atoms with van der Waals surface area (Å²) >= 11 is 5.97. The Morgan fingerprint density at radius 2 is 1.96 bits per heavy atom. The normalized spacial score (nSPS) is 19.5. The molecule has 1 aromatic heterocycles. The number of pyridine rings is 1. The Balaban J connectivity index is 0.000000352. The zero-order valence-electron chi connectivity index (χ0n) is 14.5. The molecular formula is C17H22ClN3O5. The van der Waals surface area contributed by atoms with E-state index in [-0.39, 0.29) is 5.91 Å². The molecule has 3 heterocycles. The second kappa shape index (κ2) is 8.95. The Morgan fingerprint density at radius 3 is 2.50 bits per heavy atom. The molecule has 0 spiro atoms. The average molecular weight is 384 g/mol. The van der Waals surface area contributed by atoms with Crippen molar-refractivity contribution in [3.8, 4) is 0 Å². The first-order chi connectivity index (χ1) is 12.3. The molecular weight excluding hydrogens is 362 g/mol. The molecule has 26 heavy (non-hydrogen) atoms. The van der Waals surface area contributed by atoms with Gasteiger partial charge in [0.15, 0.2) is 0 Å². The van der Waals surface area contributed by atoms with E-state index in [1.165, 1.54) is 19.5 Å². The van der Waals surface area contributed by atoms with Crippen LogP contribution in [0.15, 0.2) is 12.3 Å². The Bertz CT molecular complexity index is 681. The summed E-state index contributed by atoms with van der Waals surface area (Å²) in [4.78, 5) is 39.2. The molecule has 1 amide bonds. The van der Waals surface area contributed by atoms with Crippen LogP contribution in [0.25, 0.3) is 0 Å². The lowest BCUT2D eigenvalue weighted by atomic mass is 9.97. The summed E-state index contributed by atoms with van der Waals surface area (Å²) in [5, 5.41) is 15.3. The molecule has 9 heteroatoms. The highest BCUT2D eigenvalue weighted by molar-refractivity contribution is 6.30. The van der Waals surface area contributed by atoms with Gasteiger partial charge in [0.1, 0.15) is 0 Å². The van der Waals surface area contributed by atoms with E-state index in [9.17, 15) is 4.79 Å². The fourth-order valence-corrected chi connectivity index (χ4v) is 3.15. The number of carboxylic acid groups (broad SMARTS) is 2. The lowest BCUT2D eigenvalue weighted by Crippen LogP contribution is -2.39. The van der Waals surface area contributed by atoms with E-state index in [1.807, 2.05) is 11.9 Å². The fourth-order valence-electron chi connectivity index (χ4n) is 2.99. The molecule has 142 valence electrons. The number of carbonyl (C=O) groups is 3. The zero-order chi connectivity index (χ0) is 19.3. The summed E-state index contributed by atoms with van der Waals surface area (Å²) in [7, 11) is 1.87. The van der Waals surface area contributed by atoms with E-state index >= 15 is 0 Å². The molecule has 1 fully saturated rings. The van der Waals surface area contributed by atoms with Crippen molar-refractivity contribution in [2.24, 2.45) is 5.92 Å². The number of hydrogen-bond donors (Lipinski definition) is 2. The highest BCUT2D eigenvalue weighted by Crippen LogP contribution is 2.24. The molecule has 2 N–H and O–H groups in total. The van der Waals surface area contributed by atoms with E-state index in [1.54, 1.807) is 12.3 Å². The summed E-state index contributed by atoms with van der Waals surface area (Å²) in [5.41, 5.74) is 1.57. The Morgan fingerprint density at radius 1 is 1.31 bits per heavy atom. The lowest BCUT2D eigenvalue weighted by molar-refractivity contribution is -0.159. The van der Waals surface area contributed by atoms with Gasteiger partial charge in [-0.15, -0.1) is 0 Å². The maximum atomic E-state index is 12.4. The summed E-state index contributed by atoms with van der Waals surface area (Å²) in [6.07, 6.45) is 4.97. The van der Waals surface area contributed by atoms with Crippen LogP contribution in [0.5, 0.6) is 0 Å². The smallest absolute Gasteiger partial charge is 0.414 e. The molecule has 0 saturated carbocycles. The van der Waals surface area contributed by atoms with Crippen molar-refractivity contribution in [1.82, 2.24) is 14.8 Å². The van der Waals surface area contributed by atoms with Gasteiger partial charge in [-0.05, 0) is 50.9 Å². The van der Waals surface area contributed by atoms with Gasteiger partial charge in [-0.1, -0.05) is 11.6 Å². The van der Waals surface area contributed by atoms with E-state index in [0.717, 1.165) is 31.6 Å². The number of hydrogen-bond acceptors (Lipinski definition) is 5. The van der Waals surface area contributed by atoms with Crippen molar-refractivity contribution >= 4 is 29.4 Å². The Labute approximate surface area is 156 Å². The molecule has 1 atom stereocenters. The monoisotopic (exact) mass is 383 g/mol. The van der Waals surface area contributed by atoms with Crippen LogP contribution in [0.1, 0.15) is 28.9 Å². The topological polar surface area (TPSA) is 111 Å². The van der Waals surface area contributed by atoms with Crippen LogP contribution in [-0.4, -0.2) is 76.1 Å². The maximum absolute atomic E-state index is 12.4. The molecule has 0 bridgehead atoms. The van der Waals surface area contributed by atoms with Gasteiger partial charge in [-0.3, -0.25) is 9.78 Å². The highest BCUT2D eigenvalue weighted by Gasteiger charge is 2.27. The third kappa shape index (κ3) is 5.40. The van der Waals surface area contributed by atoms with Gasteiger partial charge >= 0.3 is 11.9 Å². The van der Waals surface area contributed by atoms with E-state index in [2.05, 4.69) is 9.88 Å². The average Bonchev–Trinajstić information content (AvgIpc) is 2.64. The minimum atomic E-state index is -1.82. The van der Waals surface area contributed by atoms with Crippen molar-refractivity contribution in [1.29, 1.82) is 0 Å². The first-order valence-electron chi connectivity index (χ1n) is 8.36. The number of halogens is 1. The molecule has 2 aliphatic heterocycles. The van der Waals surface area contributed by atoms with Crippen molar-refractivity contribution in [3.63, 3.8) is 0 Å². The fraction of sp³-hybridized carbons (Fsp3) is 0.529. The summed E-state index contributed by atoms with van der Waals surface area (Å²) < 4.78 is 0. The maximum Gasteiger partial charge on any atom is 0.414 e. The van der Waals surface area contributed by atoms with Gasteiger partial charge in [0, 0.05) is 19.8 Å². The molecule has 0 aliphatic carbocycles. The summed E-state index contributed by atoms with van der Waals surface area (Å²) in [6, 6.07) is 1.75. The van der Waals surface area contributed by atoms with E-state index < -0.39 is 11.9 Å². The van der Waals surface area contributed by atoms with Crippen molar-refractivity contribution < 1.29 is 24.6 Å². The Hall–Kier alpha value is -2.19. The van der Waals surface area contributed by atoms with Crippen LogP contribution < -0.4 is 0 Å². The lowest BCUT2D eigenvalue weighted by Gasteiger charge is -2.32. The standard InChI is InChI=1S/C15H20ClN3O.C2H2O4/c1-18-10-11(3-6-19-4-2-5-19)7-14-13(15(18)20)8-12(16)9-17-14;3-1(4)2(5)6/h8-9,11H,2-7,10H2,1H3;(H,3,4)(H,5,6). The van der Waals surface area contributed by atoms with Crippen LogP contribution in [0.3, 0.4) is 0 Å². The third-order valence-corrected chi connectivity index (χ3v) is 4.72. The molecule has 0 radical (unpaired) electrons. The van der Waals surface area contributed by atoms with Gasteiger partial charge in [0.05, 0.1) is 16.3 Å². The van der Waals surface area contributed by atoms with Crippen molar-refractivity contribution in [3.05, 3.63) is 28.5 Å². The number of likely N-dealkylation sites (tertiary alicyclic amines) is 1. The van der Waals surface area contributed by atoms with Crippen LogP contribution in [0.4, 0.5) is 0 Å². The largest absolute Gasteiger partial charge is 0.473 e. The first-order valence-corrected chi connectivity index (χ1v) is 8.74. The predicted octanol–water partition coefficient (Wildman–Crippen LogP) is 1.23. The molecule has 3 rings (SSSR count). The van der Waals surface area contributed by atoms with Gasteiger partial charge in [0.25, 0.3) is 5.91 Å². The van der Waals surface area contributed by atoms with Gasteiger partial charge < -0.3 is 20.0 Å². The Kier molecular flexibility index (Phi) is 6.93. The first kappa shape index (κ1) is 20.1. The number of fused-ring (bicyclic) bond motifs is 1. The third-order valence-electron chi connectivity index (χ3n) is 4.51. The minimum Gasteiger partial charge on any atom is -0.473 e. The number of carbonyl (C=O) groups excluding carboxylic acids is 1. The van der Waals surface area contributed by atoms with Gasteiger partial charge in [-0.2, -0.15) is 0 Å². The zero-order valence-corrected chi connectivity index (χ0v) is 15.3. The van der Waals surface area contributed by atoms with E-state index in [4.69, 9.17) is 31.4 Å². The number of carboxylic acids is 2. The number of nitrogens with zero attached hydrogens (tertiary/aromatic N) is 3. The predicted molar refractivity (Wildman–Crippen MR) is 94.3 cm³/mol. The van der Waals surface area contributed by atoms with Gasteiger partial charge in [0.2, 0.25) is 0 Å². The number of rotatable bonds is 3. The van der Waals surface area contributed by atoms with Gasteiger partial charge in [-0.25, -0.2) is 9.59 Å². The number of amides is 1. The van der Waals surface area contributed by atoms with Crippen LogP contribution >= 0.6 is 11.6 Å².